The number of hydrogen-bond donors (Lipinski definition) is 1. The van der Waals surface area contributed by atoms with Crippen molar-refractivity contribution in [2.24, 2.45) is 0 Å². The van der Waals surface area contributed by atoms with Gasteiger partial charge in [-0.1, -0.05) is 37.3 Å². The minimum atomic E-state index is -0.400. The minimum Gasteiger partial charge on any atom is -0.325 e. The van der Waals surface area contributed by atoms with Crippen molar-refractivity contribution in [3.63, 3.8) is 0 Å². The van der Waals surface area contributed by atoms with Gasteiger partial charge in [0.1, 0.15) is 0 Å². The quantitative estimate of drug-likeness (QED) is 0.548. The van der Waals surface area contributed by atoms with E-state index < -0.39 is 4.92 Å². The van der Waals surface area contributed by atoms with Crippen LogP contribution in [0.1, 0.15) is 24.5 Å². The molecule has 0 bridgehead atoms. The number of nitro benzene ring substituents is 1. The highest BCUT2D eigenvalue weighted by molar-refractivity contribution is 5.92. The number of anilines is 1. The van der Waals surface area contributed by atoms with Crippen molar-refractivity contribution in [2.45, 2.75) is 26.7 Å². The van der Waals surface area contributed by atoms with E-state index in [0.29, 0.717) is 6.54 Å². The molecule has 6 nitrogen and oxygen atoms in total. The summed E-state index contributed by atoms with van der Waals surface area (Å²) in [5, 5.41) is 13.7. The molecule has 0 aromatic heterocycles. The van der Waals surface area contributed by atoms with Gasteiger partial charge in [-0.3, -0.25) is 19.8 Å². The summed E-state index contributed by atoms with van der Waals surface area (Å²) < 4.78 is 0. The van der Waals surface area contributed by atoms with E-state index in [1.807, 2.05) is 31.2 Å². The summed E-state index contributed by atoms with van der Waals surface area (Å²) in [7, 11) is 0. The van der Waals surface area contributed by atoms with E-state index in [-0.39, 0.29) is 11.6 Å². The number of nitro groups is 1. The largest absolute Gasteiger partial charge is 0.325 e. The number of nitrogens with zero attached hydrogens (tertiary/aromatic N) is 2. The highest BCUT2D eigenvalue weighted by Gasteiger charge is 2.12. The zero-order valence-electron chi connectivity index (χ0n) is 15.3. The SMILES string of the molecule is CCCN(CCc1ccc([N+](=O)[O-])cc1)CC(=O)Nc1ccccc1C. The fourth-order valence-corrected chi connectivity index (χ4v) is 2.76. The first kappa shape index (κ1) is 19.6. The lowest BCUT2D eigenvalue weighted by Gasteiger charge is -2.21. The zero-order valence-corrected chi connectivity index (χ0v) is 15.3. The van der Waals surface area contributed by atoms with Crippen molar-refractivity contribution in [3.8, 4) is 0 Å². The van der Waals surface area contributed by atoms with Crippen molar-refractivity contribution >= 4 is 17.3 Å². The van der Waals surface area contributed by atoms with Crippen LogP contribution in [0.5, 0.6) is 0 Å². The van der Waals surface area contributed by atoms with Crippen LogP contribution in [-0.4, -0.2) is 35.4 Å². The zero-order chi connectivity index (χ0) is 18.9. The number of aryl methyl sites for hydroxylation is 1. The lowest BCUT2D eigenvalue weighted by atomic mass is 10.1. The van der Waals surface area contributed by atoms with E-state index in [1.165, 1.54) is 12.1 Å². The van der Waals surface area contributed by atoms with Crippen LogP contribution in [0, 0.1) is 17.0 Å². The van der Waals surface area contributed by atoms with Gasteiger partial charge in [0.05, 0.1) is 11.5 Å². The van der Waals surface area contributed by atoms with Crippen LogP contribution in [0.15, 0.2) is 48.5 Å². The number of carbonyl (C=O) groups is 1. The molecule has 0 aliphatic heterocycles. The fraction of sp³-hybridized carbons (Fsp3) is 0.350. The minimum absolute atomic E-state index is 0.0311. The molecule has 26 heavy (non-hydrogen) atoms. The van der Waals surface area contributed by atoms with Gasteiger partial charge in [0.2, 0.25) is 5.91 Å². The standard InChI is InChI=1S/C20H25N3O3/c1-3-13-22(14-12-17-8-10-18(11-9-17)23(25)26)15-20(24)21-19-7-5-4-6-16(19)2/h4-11H,3,12-15H2,1-2H3,(H,21,24). The maximum Gasteiger partial charge on any atom is 0.269 e. The summed E-state index contributed by atoms with van der Waals surface area (Å²) >= 11 is 0. The molecule has 2 aromatic rings. The smallest absolute Gasteiger partial charge is 0.269 e. The summed E-state index contributed by atoms with van der Waals surface area (Å²) in [6.45, 7) is 5.93. The molecule has 0 saturated heterocycles. The van der Waals surface area contributed by atoms with Crippen molar-refractivity contribution in [1.82, 2.24) is 4.90 Å². The molecule has 138 valence electrons. The predicted molar refractivity (Wildman–Crippen MR) is 103 cm³/mol. The van der Waals surface area contributed by atoms with E-state index in [4.69, 9.17) is 0 Å². The van der Waals surface area contributed by atoms with E-state index in [0.717, 1.165) is 42.7 Å². The second-order valence-electron chi connectivity index (χ2n) is 6.31. The van der Waals surface area contributed by atoms with Gasteiger partial charge in [-0.2, -0.15) is 0 Å². The number of carbonyl (C=O) groups excluding carboxylic acids is 1. The van der Waals surface area contributed by atoms with Crippen LogP contribution in [0.3, 0.4) is 0 Å². The maximum absolute atomic E-state index is 12.4. The van der Waals surface area contributed by atoms with Crippen LogP contribution < -0.4 is 5.32 Å². The van der Waals surface area contributed by atoms with Crippen molar-refractivity contribution < 1.29 is 9.72 Å². The van der Waals surface area contributed by atoms with Crippen LogP contribution in [0.4, 0.5) is 11.4 Å². The Morgan fingerprint density at radius 3 is 2.42 bits per heavy atom. The van der Waals surface area contributed by atoms with E-state index in [2.05, 4.69) is 17.1 Å². The third-order valence-corrected chi connectivity index (χ3v) is 4.19. The number of non-ortho nitro benzene ring substituents is 1. The molecule has 0 saturated carbocycles. The number of para-hydroxylation sites is 1. The Balaban J connectivity index is 1.90. The predicted octanol–water partition coefficient (Wildman–Crippen LogP) is 3.80. The molecular formula is C20H25N3O3. The molecule has 0 atom stereocenters. The van der Waals surface area contributed by atoms with Crippen LogP contribution >= 0.6 is 0 Å². The summed E-state index contributed by atoms with van der Waals surface area (Å²) in [5.74, 6) is -0.0311. The molecule has 1 amide bonds. The normalized spacial score (nSPS) is 10.7. The molecule has 0 heterocycles. The molecule has 0 fully saturated rings. The van der Waals surface area contributed by atoms with Gasteiger partial charge in [-0.15, -0.1) is 0 Å². The molecule has 0 unspecified atom stereocenters. The number of rotatable bonds is 9. The highest BCUT2D eigenvalue weighted by Crippen LogP contribution is 2.14. The Morgan fingerprint density at radius 1 is 1.12 bits per heavy atom. The van der Waals surface area contributed by atoms with Gasteiger partial charge in [-0.25, -0.2) is 0 Å². The summed E-state index contributed by atoms with van der Waals surface area (Å²) in [5.41, 5.74) is 2.99. The molecule has 0 aliphatic carbocycles. The molecule has 2 aromatic carbocycles. The average molecular weight is 355 g/mol. The van der Waals surface area contributed by atoms with E-state index in [9.17, 15) is 14.9 Å². The number of hydrogen-bond acceptors (Lipinski definition) is 4. The maximum atomic E-state index is 12.4. The third kappa shape index (κ3) is 5.97. The number of benzene rings is 2. The summed E-state index contributed by atoms with van der Waals surface area (Å²) in [6.07, 6.45) is 1.70. The Kier molecular flexibility index (Phi) is 7.29. The number of amides is 1. The highest BCUT2D eigenvalue weighted by atomic mass is 16.6. The van der Waals surface area contributed by atoms with Gasteiger partial charge >= 0.3 is 0 Å². The second-order valence-corrected chi connectivity index (χ2v) is 6.31. The average Bonchev–Trinajstić information content (AvgIpc) is 2.62. The lowest BCUT2D eigenvalue weighted by molar-refractivity contribution is -0.384. The first-order chi connectivity index (χ1) is 12.5. The fourth-order valence-electron chi connectivity index (χ4n) is 2.76. The first-order valence-corrected chi connectivity index (χ1v) is 8.80. The summed E-state index contributed by atoms with van der Waals surface area (Å²) in [6, 6.07) is 14.3. The molecule has 6 heteroatoms. The first-order valence-electron chi connectivity index (χ1n) is 8.80. The molecule has 1 N–H and O–H groups in total. The van der Waals surface area contributed by atoms with Crippen molar-refractivity contribution in [2.75, 3.05) is 25.0 Å². The second kappa shape index (κ2) is 9.68. The third-order valence-electron chi connectivity index (χ3n) is 4.19. The van der Waals surface area contributed by atoms with Gasteiger partial charge in [0.15, 0.2) is 0 Å². The van der Waals surface area contributed by atoms with Crippen LogP contribution in [0.25, 0.3) is 0 Å². The topological polar surface area (TPSA) is 75.5 Å². The van der Waals surface area contributed by atoms with Gasteiger partial charge < -0.3 is 5.32 Å². The van der Waals surface area contributed by atoms with E-state index in [1.54, 1.807) is 12.1 Å². The molecule has 2 rings (SSSR count). The van der Waals surface area contributed by atoms with Gasteiger partial charge in [-0.05, 0) is 43.5 Å². The Morgan fingerprint density at radius 2 is 1.81 bits per heavy atom. The molecule has 0 spiro atoms. The van der Waals surface area contributed by atoms with Crippen molar-refractivity contribution in [3.05, 3.63) is 69.8 Å². The Hall–Kier alpha value is -2.73. The number of nitrogens with one attached hydrogen (secondary N) is 1. The lowest BCUT2D eigenvalue weighted by Crippen LogP contribution is -2.35. The van der Waals surface area contributed by atoms with E-state index >= 15 is 0 Å². The Labute approximate surface area is 154 Å². The molecule has 0 radical (unpaired) electrons. The monoisotopic (exact) mass is 355 g/mol. The van der Waals surface area contributed by atoms with Crippen LogP contribution in [0.2, 0.25) is 0 Å². The van der Waals surface area contributed by atoms with Gasteiger partial charge in [0, 0.05) is 24.4 Å². The van der Waals surface area contributed by atoms with Gasteiger partial charge in [0.25, 0.3) is 5.69 Å². The van der Waals surface area contributed by atoms with Crippen molar-refractivity contribution in [1.29, 1.82) is 0 Å². The molecular weight excluding hydrogens is 330 g/mol. The van der Waals surface area contributed by atoms with Crippen LogP contribution in [-0.2, 0) is 11.2 Å². The summed E-state index contributed by atoms with van der Waals surface area (Å²) in [4.78, 5) is 24.8. The molecule has 0 aliphatic rings. The Bertz CT molecular complexity index is 744.